The number of ether oxygens (including phenoxy) is 1. The topological polar surface area (TPSA) is 214 Å². The zero-order valence-corrected chi connectivity index (χ0v) is 23.3. The minimum atomic E-state index is -1.95. The number of phenolic OH excluding ortho intramolecular Hbond substituents is 3. The van der Waals surface area contributed by atoms with Crippen molar-refractivity contribution in [3.63, 3.8) is 0 Å². The van der Waals surface area contributed by atoms with Gasteiger partial charge in [0.15, 0.2) is 17.9 Å². The van der Waals surface area contributed by atoms with E-state index >= 15 is 0 Å². The van der Waals surface area contributed by atoms with Crippen molar-refractivity contribution in [1.29, 1.82) is 0 Å². The van der Waals surface area contributed by atoms with Crippen molar-refractivity contribution in [2.24, 2.45) is 0 Å². The number of nitrogens with one attached hydrogen (secondary N) is 1. The van der Waals surface area contributed by atoms with Gasteiger partial charge < -0.3 is 45.8 Å². The number of Topliss-reactive ketones (excluding diaryl/α,β-unsaturated/α-hetero) is 1. The fourth-order valence-electron chi connectivity index (χ4n) is 5.41. The van der Waals surface area contributed by atoms with Crippen LogP contribution in [0.15, 0.2) is 18.2 Å². The van der Waals surface area contributed by atoms with Gasteiger partial charge in [0.2, 0.25) is 5.78 Å². The molecule has 12 heteroatoms. The number of carbonyl (C=O) groups excluding carboxylic acids is 3. The van der Waals surface area contributed by atoms with Gasteiger partial charge >= 0.3 is 0 Å². The molecule has 0 aromatic heterocycles. The smallest absolute Gasteiger partial charge is 0.202 e. The molecule has 1 aliphatic heterocycles. The Morgan fingerprint density at radius 1 is 1.02 bits per heavy atom. The number of carbonyl (C=O) groups is 3. The molecule has 0 radical (unpaired) electrons. The van der Waals surface area contributed by atoms with E-state index in [4.69, 9.17) is 14.9 Å². The second-order valence-corrected chi connectivity index (χ2v) is 9.97. The molecule has 0 amide bonds. The lowest BCUT2D eigenvalue weighted by atomic mass is 9.73. The van der Waals surface area contributed by atoms with Crippen LogP contribution >= 0.6 is 0 Å². The lowest BCUT2D eigenvalue weighted by molar-refractivity contribution is -0.201. The highest BCUT2D eigenvalue weighted by atomic mass is 16.6. The summed E-state index contributed by atoms with van der Waals surface area (Å²) < 4.78 is 5.00. The van der Waals surface area contributed by atoms with Gasteiger partial charge in [0.1, 0.15) is 29.5 Å². The average Bonchev–Trinajstić information content (AvgIpc) is 2.96. The Morgan fingerprint density at radius 3 is 2.24 bits per heavy atom. The van der Waals surface area contributed by atoms with Gasteiger partial charge in [-0.05, 0) is 32.9 Å². The van der Waals surface area contributed by atoms with Gasteiger partial charge in [-0.1, -0.05) is 26.0 Å². The molecular formula is C29H37NO11. The molecule has 224 valence electrons. The Labute approximate surface area is 236 Å². The molecule has 2 aromatic carbocycles. The molecule has 3 aliphatic rings. The molecule has 2 aliphatic carbocycles. The number of aliphatic hydroxyl groups is 4. The van der Waals surface area contributed by atoms with Gasteiger partial charge in [0.25, 0.3) is 0 Å². The quantitative estimate of drug-likeness (QED) is 0.200. The van der Waals surface area contributed by atoms with Crippen LogP contribution in [-0.4, -0.2) is 96.9 Å². The minimum absolute atomic E-state index is 0.0171. The Bertz CT molecular complexity index is 1340. The third-order valence-electron chi connectivity index (χ3n) is 7.64. The van der Waals surface area contributed by atoms with E-state index < -0.39 is 76.7 Å². The number of likely N-dealkylation sites (N-methyl/N-ethyl adjacent to an activating group) is 1. The molecular weight excluding hydrogens is 538 g/mol. The predicted octanol–water partition coefficient (Wildman–Crippen LogP) is 0.449. The van der Waals surface area contributed by atoms with E-state index in [0.29, 0.717) is 6.42 Å². The van der Waals surface area contributed by atoms with Crippen LogP contribution in [0.1, 0.15) is 76.6 Å². The molecule has 41 heavy (non-hydrogen) atoms. The second-order valence-electron chi connectivity index (χ2n) is 9.97. The van der Waals surface area contributed by atoms with Crippen molar-refractivity contribution in [2.45, 2.75) is 76.6 Å². The second kappa shape index (κ2) is 12.6. The summed E-state index contributed by atoms with van der Waals surface area (Å²) in [5.74, 6) is -3.94. The van der Waals surface area contributed by atoms with Gasteiger partial charge in [0.05, 0.1) is 28.9 Å². The van der Waals surface area contributed by atoms with Gasteiger partial charge in [0, 0.05) is 35.6 Å². The van der Waals surface area contributed by atoms with E-state index in [2.05, 4.69) is 5.32 Å². The third-order valence-corrected chi connectivity index (χ3v) is 7.64. The van der Waals surface area contributed by atoms with Crippen LogP contribution in [0.4, 0.5) is 0 Å². The molecule has 2 unspecified atom stereocenters. The van der Waals surface area contributed by atoms with Crippen LogP contribution in [0.25, 0.3) is 0 Å². The lowest BCUT2D eigenvalue weighted by Gasteiger charge is -2.35. The summed E-state index contributed by atoms with van der Waals surface area (Å²) in [5.41, 5.74) is -3.03. The molecule has 1 fully saturated rings. The van der Waals surface area contributed by atoms with Crippen molar-refractivity contribution in [2.75, 3.05) is 13.7 Å². The number of aliphatic hydroxyl groups excluding tert-OH is 3. The molecule has 0 bridgehead atoms. The Kier molecular flexibility index (Phi) is 9.90. The van der Waals surface area contributed by atoms with E-state index in [1.807, 2.05) is 13.8 Å². The lowest BCUT2D eigenvalue weighted by Crippen LogP contribution is -2.52. The zero-order valence-electron chi connectivity index (χ0n) is 23.3. The van der Waals surface area contributed by atoms with Gasteiger partial charge in [-0.25, -0.2) is 0 Å². The summed E-state index contributed by atoms with van der Waals surface area (Å²) in [6, 6.07) is 3.87. The first-order valence-corrected chi connectivity index (χ1v) is 13.4. The maximum Gasteiger partial charge on any atom is 0.202 e. The van der Waals surface area contributed by atoms with Crippen LogP contribution in [0.2, 0.25) is 0 Å². The number of hydrogen-bond acceptors (Lipinski definition) is 12. The Morgan fingerprint density at radius 2 is 1.63 bits per heavy atom. The predicted molar refractivity (Wildman–Crippen MR) is 145 cm³/mol. The van der Waals surface area contributed by atoms with Gasteiger partial charge in [-0.3, -0.25) is 14.4 Å². The zero-order chi connectivity index (χ0) is 30.8. The number of ketones is 3. The molecule has 2 aromatic rings. The van der Waals surface area contributed by atoms with Crippen LogP contribution < -0.4 is 5.32 Å². The third kappa shape index (κ3) is 5.71. The summed E-state index contributed by atoms with van der Waals surface area (Å²) in [7, 11) is 1.76. The van der Waals surface area contributed by atoms with Crippen molar-refractivity contribution in [1.82, 2.24) is 5.32 Å². The molecule has 12 nitrogen and oxygen atoms in total. The molecule has 1 heterocycles. The van der Waals surface area contributed by atoms with Crippen LogP contribution in [-0.2, 0) is 22.4 Å². The van der Waals surface area contributed by atoms with Gasteiger partial charge in [-0.15, -0.1) is 0 Å². The number of rotatable bonds is 3. The highest BCUT2D eigenvalue weighted by Gasteiger charge is 2.45. The minimum Gasteiger partial charge on any atom is -0.507 e. The number of phenols is 3. The summed E-state index contributed by atoms with van der Waals surface area (Å²) >= 11 is 0. The number of fused-ring (bicyclic) bond motifs is 3. The summed E-state index contributed by atoms with van der Waals surface area (Å²) in [5, 5.41) is 72.6. The SMILES string of the molecule is CC.CN[C@@H]1C[C@H](O)OC(C)C1O.O=C1c2cccc(O)c2C(=O)c2c(O)c3c(c(O)c21)C[C@@](O)(C(=O)CO)CC3. The first kappa shape index (κ1) is 32.1. The maximum absolute atomic E-state index is 12.9. The number of hydrogen-bond donors (Lipinski definition) is 8. The largest absolute Gasteiger partial charge is 0.507 e. The number of benzene rings is 2. The highest BCUT2D eigenvalue weighted by molar-refractivity contribution is 6.31. The fraction of sp³-hybridized carbons (Fsp3) is 0.483. The summed E-state index contributed by atoms with van der Waals surface area (Å²) in [6.07, 6.45) is -1.72. The molecule has 8 N–H and O–H groups in total. The van der Waals surface area contributed by atoms with E-state index in [0.717, 1.165) is 0 Å². The molecule has 0 spiro atoms. The Balaban J connectivity index is 0.000000299. The van der Waals surface area contributed by atoms with Crippen molar-refractivity contribution >= 4 is 17.3 Å². The monoisotopic (exact) mass is 575 g/mol. The summed E-state index contributed by atoms with van der Waals surface area (Å²) in [6.45, 7) is 4.85. The molecule has 0 saturated carbocycles. The van der Waals surface area contributed by atoms with E-state index in [1.165, 1.54) is 18.2 Å². The molecule has 5 atom stereocenters. The highest BCUT2D eigenvalue weighted by Crippen LogP contribution is 2.48. The van der Waals surface area contributed by atoms with Crippen LogP contribution in [0.3, 0.4) is 0 Å². The van der Waals surface area contributed by atoms with Crippen molar-refractivity contribution in [3.8, 4) is 17.2 Å². The van der Waals surface area contributed by atoms with E-state index in [-0.39, 0.29) is 47.2 Å². The molecule has 5 rings (SSSR count). The van der Waals surface area contributed by atoms with E-state index in [9.17, 15) is 39.9 Å². The van der Waals surface area contributed by atoms with Crippen LogP contribution in [0, 0.1) is 0 Å². The standard InChI is InChI=1S/C20H16O8.C7H15NO3.C2H6/c21-7-12(23)20(28)5-4-8-10(6-20)18(26)14-15(16(8)24)19(27)13-9(17(14)25)2-1-3-11(13)22;1-4-7(10)5(8-2)3-6(9)11-4;1-2/h1-3,21-22,24,26,28H,4-7H2;4-10H,3H2,1-2H3;1-2H3/t20-;4?,5-,6-,7?;/m11./s1. The molecule has 1 saturated heterocycles. The first-order valence-electron chi connectivity index (χ1n) is 13.4. The van der Waals surface area contributed by atoms with E-state index in [1.54, 1.807) is 14.0 Å². The summed E-state index contributed by atoms with van der Waals surface area (Å²) in [4.78, 5) is 37.7. The first-order chi connectivity index (χ1) is 19.4. The van der Waals surface area contributed by atoms with Crippen molar-refractivity contribution in [3.05, 3.63) is 51.6 Å². The normalized spacial score (nSPS) is 26.3. The maximum atomic E-state index is 12.9. The van der Waals surface area contributed by atoms with Crippen molar-refractivity contribution < 1.29 is 54.9 Å². The fourth-order valence-corrected chi connectivity index (χ4v) is 5.41. The van der Waals surface area contributed by atoms with Gasteiger partial charge in [-0.2, -0.15) is 0 Å². The van der Waals surface area contributed by atoms with Crippen LogP contribution in [0.5, 0.6) is 17.2 Å². The Hall–Kier alpha value is -3.39. The number of aromatic hydroxyl groups is 3. The average molecular weight is 576 g/mol.